The number of H-pyrrole nitrogens is 1. The molecule has 86 valence electrons. The zero-order valence-electron chi connectivity index (χ0n) is 9.77. The van der Waals surface area contributed by atoms with Gasteiger partial charge < -0.3 is 9.40 Å². The number of benzene rings is 1. The molecule has 0 radical (unpaired) electrons. The van der Waals surface area contributed by atoms with Gasteiger partial charge in [0.25, 0.3) is 5.89 Å². The minimum absolute atomic E-state index is 0.251. The molecule has 0 saturated heterocycles. The minimum atomic E-state index is 0.251. The van der Waals surface area contributed by atoms with Crippen LogP contribution in [-0.4, -0.2) is 15.2 Å². The Morgan fingerprint density at radius 2 is 2.00 bits per heavy atom. The minimum Gasteiger partial charge on any atom is -0.419 e. The topological polar surface area (TPSA) is 54.7 Å². The molecular formula is C13H13N3O. The quantitative estimate of drug-likeness (QED) is 0.730. The van der Waals surface area contributed by atoms with E-state index in [1.165, 1.54) is 0 Å². The van der Waals surface area contributed by atoms with Crippen LogP contribution in [0.4, 0.5) is 0 Å². The van der Waals surface area contributed by atoms with E-state index in [1.807, 2.05) is 38.1 Å². The molecule has 17 heavy (non-hydrogen) atoms. The van der Waals surface area contributed by atoms with Crippen molar-refractivity contribution in [1.29, 1.82) is 0 Å². The molecule has 0 fully saturated rings. The van der Waals surface area contributed by atoms with Crippen molar-refractivity contribution < 1.29 is 4.42 Å². The maximum absolute atomic E-state index is 5.61. The van der Waals surface area contributed by atoms with Crippen LogP contribution < -0.4 is 0 Å². The van der Waals surface area contributed by atoms with Gasteiger partial charge in [-0.3, -0.25) is 0 Å². The zero-order valence-corrected chi connectivity index (χ0v) is 9.77. The molecule has 0 aliphatic rings. The molecule has 0 bridgehead atoms. The highest BCUT2D eigenvalue weighted by molar-refractivity contribution is 5.84. The van der Waals surface area contributed by atoms with E-state index in [0.717, 1.165) is 16.6 Å². The van der Waals surface area contributed by atoms with Gasteiger partial charge in [0, 0.05) is 16.8 Å². The highest BCUT2D eigenvalue weighted by atomic mass is 16.4. The molecule has 0 atom stereocenters. The van der Waals surface area contributed by atoms with Gasteiger partial charge in [-0.15, -0.1) is 10.2 Å². The van der Waals surface area contributed by atoms with Gasteiger partial charge in [0.15, 0.2) is 0 Å². The number of rotatable bonds is 2. The van der Waals surface area contributed by atoms with E-state index in [9.17, 15) is 0 Å². The first-order valence-corrected chi connectivity index (χ1v) is 5.65. The van der Waals surface area contributed by atoms with Crippen LogP contribution >= 0.6 is 0 Å². The SMILES string of the molecule is CC(C)c1nnc(-c2cc3ccccc3[nH]2)o1. The van der Waals surface area contributed by atoms with Crippen molar-refractivity contribution in [3.05, 3.63) is 36.2 Å². The zero-order chi connectivity index (χ0) is 11.8. The Labute approximate surface area is 98.7 Å². The van der Waals surface area contributed by atoms with Crippen molar-refractivity contribution in [2.24, 2.45) is 0 Å². The lowest BCUT2D eigenvalue weighted by Crippen LogP contribution is -1.85. The monoisotopic (exact) mass is 227 g/mol. The van der Waals surface area contributed by atoms with Gasteiger partial charge in [-0.1, -0.05) is 32.0 Å². The summed E-state index contributed by atoms with van der Waals surface area (Å²) in [5, 5.41) is 9.23. The second-order valence-electron chi connectivity index (χ2n) is 4.37. The van der Waals surface area contributed by atoms with Crippen molar-refractivity contribution in [3.63, 3.8) is 0 Å². The Balaban J connectivity index is 2.07. The van der Waals surface area contributed by atoms with Crippen molar-refractivity contribution >= 4 is 10.9 Å². The predicted octanol–water partition coefficient (Wildman–Crippen LogP) is 3.34. The Kier molecular flexibility index (Phi) is 2.21. The molecule has 3 rings (SSSR count). The van der Waals surface area contributed by atoms with Gasteiger partial charge in [-0.25, -0.2) is 0 Å². The van der Waals surface area contributed by atoms with Crippen molar-refractivity contribution in [3.8, 4) is 11.6 Å². The highest BCUT2D eigenvalue weighted by Gasteiger charge is 2.12. The molecule has 4 nitrogen and oxygen atoms in total. The van der Waals surface area contributed by atoms with Gasteiger partial charge in [0.1, 0.15) is 5.69 Å². The number of aromatic amines is 1. The summed E-state index contributed by atoms with van der Waals surface area (Å²) in [6.45, 7) is 4.06. The van der Waals surface area contributed by atoms with Gasteiger partial charge in [0.05, 0.1) is 0 Å². The summed E-state index contributed by atoms with van der Waals surface area (Å²) < 4.78 is 5.61. The molecule has 0 amide bonds. The van der Waals surface area contributed by atoms with E-state index in [2.05, 4.69) is 21.2 Å². The van der Waals surface area contributed by atoms with Gasteiger partial charge in [-0.05, 0) is 12.1 Å². The van der Waals surface area contributed by atoms with Crippen molar-refractivity contribution in [2.45, 2.75) is 19.8 Å². The van der Waals surface area contributed by atoms with Crippen LogP contribution in [0.25, 0.3) is 22.5 Å². The average molecular weight is 227 g/mol. The second kappa shape index (κ2) is 3.73. The molecule has 0 unspecified atom stereocenters. The maximum Gasteiger partial charge on any atom is 0.264 e. The molecule has 0 saturated carbocycles. The molecule has 0 aliphatic carbocycles. The molecule has 1 N–H and O–H groups in total. The molecule has 1 aromatic carbocycles. The standard InChI is InChI=1S/C13H13N3O/c1-8(2)12-15-16-13(17-12)11-7-9-5-3-4-6-10(9)14-11/h3-8,14H,1-2H3. The number of nitrogens with zero attached hydrogens (tertiary/aromatic N) is 2. The van der Waals surface area contributed by atoms with Crippen molar-refractivity contribution in [1.82, 2.24) is 15.2 Å². The van der Waals surface area contributed by atoms with Crippen LogP contribution in [0.3, 0.4) is 0 Å². The number of hydrogen-bond acceptors (Lipinski definition) is 3. The van der Waals surface area contributed by atoms with Crippen molar-refractivity contribution in [2.75, 3.05) is 0 Å². The third-order valence-corrected chi connectivity index (χ3v) is 2.69. The smallest absolute Gasteiger partial charge is 0.264 e. The summed E-state index contributed by atoms with van der Waals surface area (Å²) in [6, 6.07) is 10.1. The molecule has 4 heteroatoms. The number of hydrogen-bond donors (Lipinski definition) is 1. The van der Waals surface area contributed by atoms with Crippen LogP contribution in [-0.2, 0) is 0 Å². The summed E-state index contributed by atoms with van der Waals surface area (Å²) in [5.74, 6) is 1.46. The Bertz CT molecular complexity index is 618. The van der Waals surface area contributed by atoms with Gasteiger partial charge >= 0.3 is 0 Å². The summed E-state index contributed by atoms with van der Waals surface area (Å²) >= 11 is 0. The predicted molar refractivity (Wildman–Crippen MR) is 65.7 cm³/mol. The molecule has 0 spiro atoms. The summed E-state index contributed by atoms with van der Waals surface area (Å²) in [4.78, 5) is 3.27. The van der Waals surface area contributed by atoms with Crippen LogP contribution in [0.2, 0.25) is 0 Å². The van der Waals surface area contributed by atoms with E-state index in [-0.39, 0.29) is 5.92 Å². The van der Waals surface area contributed by atoms with E-state index in [0.29, 0.717) is 11.8 Å². The molecule has 3 aromatic rings. The fraction of sp³-hybridized carbons (Fsp3) is 0.231. The third kappa shape index (κ3) is 1.71. The normalized spacial score (nSPS) is 11.5. The second-order valence-corrected chi connectivity index (χ2v) is 4.37. The Hall–Kier alpha value is -2.10. The Morgan fingerprint density at radius 3 is 2.71 bits per heavy atom. The largest absolute Gasteiger partial charge is 0.419 e. The fourth-order valence-corrected chi connectivity index (χ4v) is 1.77. The van der Waals surface area contributed by atoms with E-state index < -0.39 is 0 Å². The number of fused-ring (bicyclic) bond motifs is 1. The van der Waals surface area contributed by atoms with Crippen LogP contribution in [0, 0.1) is 0 Å². The molecule has 2 aromatic heterocycles. The van der Waals surface area contributed by atoms with Crippen LogP contribution in [0.15, 0.2) is 34.7 Å². The third-order valence-electron chi connectivity index (χ3n) is 2.69. The first-order valence-electron chi connectivity index (χ1n) is 5.65. The van der Waals surface area contributed by atoms with Crippen LogP contribution in [0.5, 0.6) is 0 Å². The lowest BCUT2D eigenvalue weighted by atomic mass is 10.2. The summed E-state index contributed by atoms with van der Waals surface area (Å²) in [5.41, 5.74) is 1.94. The van der Waals surface area contributed by atoms with Gasteiger partial charge in [0.2, 0.25) is 5.89 Å². The summed E-state index contributed by atoms with van der Waals surface area (Å²) in [6.07, 6.45) is 0. The molecule has 2 heterocycles. The average Bonchev–Trinajstić information content (AvgIpc) is 2.95. The van der Waals surface area contributed by atoms with Crippen LogP contribution in [0.1, 0.15) is 25.7 Å². The number of para-hydroxylation sites is 1. The highest BCUT2D eigenvalue weighted by Crippen LogP contribution is 2.24. The fourth-order valence-electron chi connectivity index (χ4n) is 1.77. The number of aromatic nitrogens is 3. The van der Waals surface area contributed by atoms with E-state index in [1.54, 1.807) is 0 Å². The summed E-state index contributed by atoms with van der Waals surface area (Å²) in [7, 11) is 0. The molecular weight excluding hydrogens is 214 g/mol. The maximum atomic E-state index is 5.61. The Morgan fingerprint density at radius 1 is 1.18 bits per heavy atom. The molecule has 0 aliphatic heterocycles. The van der Waals surface area contributed by atoms with E-state index in [4.69, 9.17) is 4.42 Å². The van der Waals surface area contributed by atoms with Gasteiger partial charge in [-0.2, -0.15) is 0 Å². The first-order chi connectivity index (χ1) is 8.24. The number of nitrogens with one attached hydrogen (secondary N) is 1. The lowest BCUT2D eigenvalue weighted by Gasteiger charge is -1.93. The lowest BCUT2D eigenvalue weighted by molar-refractivity contribution is 0.480. The van der Waals surface area contributed by atoms with E-state index >= 15 is 0 Å². The first kappa shape index (κ1) is 10.1.